The summed E-state index contributed by atoms with van der Waals surface area (Å²) >= 11 is 11.0. The van der Waals surface area contributed by atoms with Gasteiger partial charge in [-0.25, -0.2) is 0 Å². The van der Waals surface area contributed by atoms with Crippen molar-refractivity contribution in [3.63, 3.8) is 0 Å². The summed E-state index contributed by atoms with van der Waals surface area (Å²) in [5.41, 5.74) is 5.41. The molecule has 1 aromatic heterocycles. The van der Waals surface area contributed by atoms with E-state index in [1.165, 1.54) is 17.7 Å². The SMILES string of the molecule is NCCCCCc1cc(Br)c(Cl)s1. The van der Waals surface area contributed by atoms with Crippen LogP contribution in [0.15, 0.2) is 10.5 Å². The van der Waals surface area contributed by atoms with E-state index in [1.54, 1.807) is 11.3 Å². The van der Waals surface area contributed by atoms with Gasteiger partial charge in [0.25, 0.3) is 0 Å². The second-order valence-corrected chi connectivity index (χ2v) is 5.53. The summed E-state index contributed by atoms with van der Waals surface area (Å²) < 4.78 is 1.88. The maximum atomic E-state index is 5.92. The molecule has 0 aliphatic carbocycles. The van der Waals surface area contributed by atoms with E-state index in [0.29, 0.717) is 0 Å². The third-order valence-corrected chi connectivity index (χ3v) is 4.36. The topological polar surface area (TPSA) is 26.0 Å². The average molecular weight is 283 g/mol. The number of thiophene rings is 1. The smallest absolute Gasteiger partial charge is 0.107 e. The van der Waals surface area contributed by atoms with Crippen molar-refractivity contribution in [2.75, 3.05) is 6.54 Å². The molecule has 0 atom stereocenters. The lowest BCUT2D eigenvalue weighted by Gasteiger charge is -1.96. The van der Waals surface area contributed by atoms with E-state index >= 15 is 0 Å². The van der Waals surface area contributed by atoms with Crippen molar-refractivity contribution in [1.29, 1.82) is 0 Å². The van der Waals surface area contributed by atoms with Crippen molar-refractivity contribution < 1.29 is 0 Å². The Morgan fingerprint density at radius 2 is 2.15 bits per heavy atom. The largest absolute Gasteiger partial charge is 0.330 e. The summed E-state index contributed by atoms with van der Waals surface area (Å²) in [6, 6.07) is 2.11. The van der Waals surface area contributed by atoms with E-state index in [-0.39, 0.29) is 0 Å². The van der Waals surface area contributed by atoms with Crippen LogP contribution < -0.4 is 5.73 Å². The van der Waals surface area contributed by atoms with Gasteiger partial charge in [-0.2, -0.15) is 0 Å². The number of rotatable bonds is 5. The van der Waals surface area contributed by atoms with Gasteiger partial charge in [0.1, 0.15) is 4.34 Å². The maximum absolute atomic E-state index is 5.92. The van der Waals surface area contributed by atoms with Gasteiger partial charge in [-0.1, -0.05) is 18.0 Å². The van der Waals surface area contributed by atoms with Gasteiger partial charge >= 0.3 is 0 Å². The molecule has 0 unspecified atom stereocenters. The Labute approximate surface area is 96.4 Å². The maximum Gasteiger partial charge on any atom is 0.107 e. The van der Waals surface area contributed by atoms with Gasteiger partial charge in [-0.15, -0.1) is 11.3 Å². The van der Waals surface area contributed by atoms with Crippen LogP contribution in [0.3, 0.4) is 0 Å². The highest BCUT2D eigenvalue weighted by molar-refractivity contribution is 9.10. The van der Waals surface area contributed by atoms with Crippen molar-refractivity contribution in [3.05, 3.63) is 19.8 Å². The third kappa shape index (κ3) is 3.98. The lowest BCUT2D eigenvalue weighted by atomic mass is 10.2. The van der Waals surface area contributed by atoms with Crippen LogP contribution in [-0.4, -0.2) is 6.54 Å². The van der Waals surface area contributed by atoms with E-state index in [1.807, 2.05) is 0 Å². The Hall–Kier alpha value is 0.430. The first kappa shape index (κ1) is 11.5. The van der Waals surface area contributed by atoms with Gasteiger partial charge < -0.3 is 5.73 Å². The molecule has 4 heteroatoms. The first-order chi connectivity index (χ1) is 6.24. The number of aryl methyl sites for hydroxylation is 1. The lowest BCUT2D eigenvalue weighted by Crippen LogP contribution is -1.97. The molecule has 2 N–H and O–H groups in total. The standard InChI is InChI=1S/C9H13BrClNS/c10-8-6-7(13-9(8)11)4-2-1-3-5-12/h6H,1-5,12H2. The van der Waals surface area contributed by atoms with Crippen LogP contribution in [0.5, 0.6) is 0 Å². The molecule has 0 radical (unpaired) electrons. The fraction of sp³-hybridized carbons (Fsp3) is 0.556. The average Bonchev–Trinajstić information content (AvgIpc) is 2.41. The second kappa shape index (κ2) is 6.02. The Morgan fingerprint density at radius 1 is 1.38 bits per heavy atom. The molecular formula is C9H13BrClNS. The molecular weight excluding hydrogens is 270 g/mol. The van der Waals surface area contributed by atoms with Crippen molar-refractivity contribution in [1.82, 2.24) is 0 Å². The molecule has 1 rings (SSSR count). The van der Waals surface area contributed by atoms with Crippen LogP contribution in [0.25, 0.3) is 0 Å². The summed E-state index contributed by atoms with van der Waals surface area (Å²) in [6.07, 6.45) is 4.67. The van der Waals surface area contributed by atoms with Gasteiger partial charge in [0.05, 0.1) is 0 Å². The number of hydrogen-bond donors (Lipinski definition) is 1. The quantitative estimate of drug-likeness (QED) is 0.816. The predicted molar refractivity (Wildman–Crippen MR) is 63.6 cm³/mol. The zero-order chi connectivity index (χ0) is 9.68. The van der Waals surface area contributed by atoms with Crippen LogP contribution >= 0.6 is 38.9 Å². The minimum atomic E-state index is 0.800. The summed E-state index contributed by atoms with van der Waals surface area (Å²) in [5.74, 6) is 0. The minimum Gasteiger partial charge on any atom is -0.330 e. The van der Waals surface area contributed by atoms with Crippen molar-refractivity contribution in [2.24, 2.45) is 5.73 Å². The molecule has 0 aliphatic rings. The number of hydrogen-bond acceptors (Lipinski definition) is 2. The van der Waals surface area contributed by atoms with Gasteiger partial charge in [-0.05, 0) is 47.8 Å². The van der Waals surface area contributed by atoms with Crippen molar-refractivity contribution >= 4 is 38.9 Å². The van der Waals surface area contributed by atoms with Gasteiger partial charge in [0, 0.05) is 9.35 Å². The monoisotopic (exact) mass is 281 g/mol. The molecule has 0 aromatic carbocycles. The van der Waals surface area contributed by atoms with Crippen LogP contribution in [0.2, 0.25) is 4.34 Å². The van der Waals surface area contributed by atoms with Gasteiger partial charge in [-0.3, -0.25) is 0 Å². The summed E-state index contributed by atoms with van der Waals surface area (Å²) in [7, 11) is 0. The molecule has 0 bridgehead atoms. The molecule has 0 amide bonds. The van der Waals surface area contributed by atoms with Gasteiger partial charge in [0.2, 0.25) is 0 Å². The molecule has 74 valence electrons. The summed E-state index contributed by atoms with van der Waals surface area (Å²) in [5, 5.41) is 0. The van der Waals surface area contributed by atoms with E-state index in [0.717, 1.165) is 28.2 Å². The zero-order valence-electron chi connectivity index (χ0n) is 7.35. The molecule has 1 heterocycles. The highest BCUT2D eigenvalue weighted by Gasteiger charge is 2.03. The molecule has 0 aliphatic heterocycles. The molecule has 0 saturated heterocycles. The summed E-state index contributed by atoms with van der Waals surface area (Å²) in [4.78, 5) is 1.36. The van der Waals surface area contributed by atoms with E-state index in [2.05, 4.69) is 22.0 Å². The van der Waals surface area contributed by atoms with E-state index in [9.17, 15) is 0 Å². The Balaban J connectivity index is 2.29. The van der Waals surface area contributed by atoms with Crippen LogP contribution in [0.4, 0.5) is 0 Å². The van der Waals surface area contributed by atoms with Crippen LogP contribution in [0.1, 0.15) is 24.1 Å². The first-order valence-corrected chi connectivity index (χ1v) is 6.36. The normalized spacial score (nSPS) is 10.7. The number of unbranched alkanes of at least 4 members (excludes halogenated alkanes) is 2. The third-order valence-electron chi connectivity index (χ3n) is 1.82. The van der Waals surface area contributed by atoms with Crippen LogP contribution in [-0.2, 0) is 6.42 Å². The molecule has 0 spiro atoms. The second-order valence-electron chi connectivity index (χ2n) is 2.93. The summed E-state index contributed by atoms with van der Waals surface area (Å²) in [6.45, 7) is 0.800. The van der Waals surface area contributed by atoms with E-state index in [4.69, 9.17) is 17.3 Å². The fourth-order valence-corrected chi connectivity index (χ4v) is 2.97. The fourth-order valence-electron chi connectivity index (χ4n) is 1.13. The van der Waals surface area contributed by atoms with Crippen molar-refractivity contribution in [2.45, 2.75) is 25.7 Å². The minimum absolute atomic E-state index is 0.800. The predicted octanol–water partition coefficient (Wildman–Crippen LogP) is 3.84. The lowest BCUT2D eigenvalue weighted by molar-refractivity contribution is 0.690. The van der Waals surface area contributed by atoms with Crippen molar-refractivity contribution in [3.8, 4) is 0 Å². The molecule has 0 saturated carbocycles. The Kier molecular flexibility index (Phi) is 5.32. The molecule has 0 fully saturated rings. The Bertz CT molecular complexity index is 243. The van der Waals surface area contributed by atoms with Gasteiger partial charge in [0.15, 0.2) is 0 Å². The molecule has 1 aromatic rings. The number of halogens is 2. The molecule has 13 heavy (non-hydrogen) atoms. The number of nitrogens with two attached hydrogens (primary N) is 1. The first-order valence-electron chi connectivity index (χ1n) is 4.38. The highest BCUT2D eigenvalue weighted by atomic mass is 79.9. The zero-order valence-corrected chi connectivity index (χ0v) is 10.5. The Morgan fingerprint density at radius 3 is 2.69 bits per heavy atom. The van der Waals surface area contributed by atoms with E-state index < -0.39 is 0 Å². The highest BCUT2D eigenvalue weighted by Crippen LogP contribution is 2.32. The molecule has 1 nitrogen and oxygen atoms in total. The van der Waals surface area contributed by atoms with Crippen LogP contribution in [0, 0.1) is 0 Å².